The lowest BCUT2D eigenvalue weighted by atomic mass is 10.1. The minimum Gasteiger partial charge on any atom is -0.444 e. The van der Waals surface area contributed by atoms with Gasteiger partial charge < -0.3 is 15.0 Å². The van der Waals surface area contributed by atoms with Gasteiger partial charge in [-0.1, -0.05) is 28.1 Å². The van der Waals surface area contributed by atoms with Crippen molar-refractivity contribution in [3.05, 3.63) is 33.8 Å². The van der Waals surface area contributed by atoms with Crippen molar-refractivity contribution in [3.8, 4) is 0 Å². The predicted molar refractivity (Wildman–Crippen MR) is 99.1 cm³/mol. The molecule has 0 aromatic heterocycles. The van der Waals surface area contributed by atoms with Gasteiger partial charge in [0, 0.05) is 30.1 Å². The van der Waals surface area contributed by atoms with E-state index in [2.05, 4.69) is 39.4 Å². The number of carbonyl (C=O) groups is 1. The smallest absolute Gasteiger partial charge is 0.410 e. The van der Waals surface area contributed by atoms with Crippen molar-refractivity contribution < 1.29 is 9.53 Å². The molecule has 0 saturated carbocycles. The van der Waals surface area contributed by atoms with E-state index in [1.54, 1.807) is 0 Å². The molecule has 0 radical (unpaired) electrons. The number of rotatable bonds is 3. The molecule has 0 bridgehead atoms. The first-order valence-electron chi connectivity index (χ1n) is 8.82. The lowest BCUT2D eigenvalue weighted by Crippen LogP contribution is -2.36. The molecule has 5 heteroatoms. The Balaban J connectivity index is 1.50. The third-order valence-corrected chi connectivity index (χ3v) is 5.55. The van der Waals surface area contributed by atoms with E-state index >= 15 is 0 Å². The number of hydrogen-bond donors (Lipinski definition) is 1. The van der Waals surface area contributed by atoms with Crippen LogP contribution in [0.1, 0.15) is 50.8 Å². The molecule has 1 aliphatic heterocycles. The van der Waals surface area contributed by atoms with Crippen molar-refractivity contribution in [2.75, 3.05) is 19.6 Å². The van der Waals surface area contributed by atoms with Crippen LogP contribution in [0.2, 0.25) is 0 Å². The third-order valence-electron chi connectivity index (χ3n) is 4.80. The van der Waals surface area contributed by atoms with Crippen LogP contribution in [0.5, 0.6) is 0 Å². The quantitative estimate of drug-likeness (QED) is 0.831. The van der Waals surface area contributed by atoms with Crippen LogP contribution in [-0.4, -0.2) is 36.2 Å². The fourth-order valence-corrected chi connectivity index (χ4v) is 4.20. The zero-order valence-corrected chi connectivity index (χ0v) is 16.4. The maximum absolute atomic E-state index is 12.1. The maximum atomic E-state index is 12.1. The van der Waals surface area contributed by atoms with Gasteiger partial charge in [-0.3, -0.25) is 0 Å². The molecule has 3 rings (SSSR count). The molecule has 2 aliphatic rings. The van der Waals surface area contributed by atoms with Gasteiger partial charge >= 0.3 is 6.09 Å². The Morgan fingerprint density at radius 3 is 2.92 bits per heavy atom. The normalized spacial score (nSPS) is 23.4. The third kappa shape index (κ3) is 4.12. The van der Waals surface area contributed by atoms with Crippen molar-refractivity contribution >= 4 is 22.0 Å². The minimum absolute atomic E-state index is 0.180. The number of nitrogens with one attached hydrogen (secondary N) is 1. The second-order valence-electron chi connectivity index (χ2n) is 7.89. The van der Waals surface area contributed by atoms with Gasteiger partial charge in [0.1, 0.15) is 5.60 Å². The Kier molecular flexibility index (Phi) is 5.21. The summed E-state index contributed by atoms with van der Waals surface area (Å²) in [6.07, 6.45) is 3.15. The van der Waals surface area contributed by atoms with Crippen LogP contribution in [0, 0.1) is 5.92 Å². The summed E-state index contributed by atoms with van der Waals surface area (Å²) in [4.78, 5) is 14.0. The van der Waals surface area contributed by atoms with Crippen LogP contribution in [0.25, 0.3) is 0 Å². The van der Waals surface area contributed by atoms with Gasteiger partial charge in [0.15, 0.2) is 0 Å². The number of carbonyl (C=O) groups excluding carboxylic acids is 1. The van der Waals surface area contributed by atoms with Gasteiger partial charge in [0.25, 0.3) is 0 Å². The average molecular weight is 395 g/mol. The summed E-state index contributed by atoms with van der Waals surface area (Å²) in [5.41, 5.74) is 2.44. The van der Waals surface area contributed by atoms with Gasteiger partial charge in [-0.05, 0) is 63.1 Å². The van der Waals surface area contributed by atoms with Crippen LogP contribution in [0.4, 0.5) is 4.79 Å². The molecule has 2 unspecified atom stereocenters. The highest BCUT2D eigenvalue weighted by Gasteiger charge is 2.31. The molecule has 1 N–H and O–H groups in total. The summed E-state index contributed by atoms with van der Waals surface area (Å²) in [5, 5.41) is 3.72. The van der Waals surface area contributed by atoms with Gasteiger partial charge in [-0.25, -0.2) is 4.79 Å². The molecule has 132 valence electrons. The zero-order valence-electron chi connectivity index (χ0n) is 14.8. The van der Waals surface area contributed by atoms with Crippen LogP contribution in [-0.2, 0) is 11.2 Å². The van der Waals surface area contributed by atoms with Crippen molar-refractivity contribution in [1.29, 1.82) is 0 Å². The van der Waals surface area contributed by atoms with Gasteiger partial charge in [-0.15, -0.1) is 0 Å². The summed E-state index contributed by atoms with van der Waals surface area (Å²) in [5.74, 6) is 0.508. The molecular formula is C19H27BrN2O2. The number of ether oxygens (including phenoxy) is 1. The zero-order chi connectivity index (χ0) is 17.3. The molecule has 1 heterocycles. The fraction of sp³-hybridized carbons (Fsp3) is 0.632. The number of halogens is 1. The van der Waals surface area contributed by atoms with Crippen LogP contribution in [0.15, 0.2) is 22.7 Å². The Morgan fingerprint density at radius 1 is 1.38 bits per heavy atom. The van der Waals surface area contributed by atoms with Crippen LogP contribution >= 0.6 is 15.9 Å². The molecule has 2 atom stereocenters. The first kappa shape index (κ1) is 17.7. The number of hydrogen-bond acceptors (Lipinski definition) is 3. The second-order valence-corrected chi connectivity index (χ2v) is 8.74. The van der Waals surface area contributed by atoms with E-state index in [1.165, 1.54) is 15.6 Å². The molecule has 1 aliphatic carbocycles. The van der Waals surface area contributed by atoms with E-state index in [4.69, 9.17) is 4.74 Å². The highest BCUT2D eigenvalue weighted by Crippen LogP contribution is 2.35. The van der Waals surface area contributed by atoms with Crippen LogP contribution < -0.4 is 5.32 Å². The summed E-state index contributed by atoms with van der Waals surface area (Å²) in [7, 11) is 0. The molecule has 1 fully saturated rings. The van der Waals surface area contributed by atoms with E-state index in [0.717, 1.165) is 38.9 Å². The fourth-order valence-electron chi connectivity index (χ4n) is 3.62. The molecule has 1 aromatic carbocycles. The maximum Gasteiger partial charge on any atom is 0.410 e. The topological polar surface area (TPSA) is 41.6 Å². The lowest BCUT2D eigenvalue weighted by molar-refractivity contribution is 0.0288. The molecular weight excluding hydrogens is 368 g/mol. The summed E-state index contributed by atoms with van der Waals surface area (Å²) >= 11 is 3.65. The SMILES string of the molecule is CC(C)(C)OC(=O)N1CCC(CNC2CCc3c(Br)cccc32)C1. The Bertz CT molecular complexity index is 612. The standard InChI is InChI=1S/C19H27BrN2O2/c1-19(2,3)24-18(23)22-10-9-13(12-22)11-21-17-8-7-14-15(17)5-4-6-16(14)20/h4-6,13,17,21H,7-12H2,1-3H3. The van der Waals surface area contributed by atoms with Gasteiger partial charge in [0.05, 0.1) is 0 Å². The Hall–Kier alpha value is -1.07. The molecule has 24 heavy (non-hydrogen) atoms. The van der Waals surface area contributed by atoms with Crippen molar-refractivity contribution in [2.24, 2.45) is 5.92 Å². The van der Waals surface area contributed by atoms with Crippen molar-refractivity contribution in [1.82, 2.24) is 10.2 Å². The Morgan fingerprint density at radius 2 is 2.17 bits per heavy atom. The monoisotopic (exact) mass is 394 g/mol. The average Bonchev–Trinajstić information content (AvgIpc) is 3.10. The Labute approximate surface area is 153 Å². The first-order chi connectivity index (χ1) is 11.3. The largest absolute Gasteiger partial charge is 0.444 e. The van der Waals surface area contributed by atoms with E-state index in [0.29, 0.717) is 12.0 Å². The molecule has 1 amide bonds. The van der Waals surface area contributed by atoms with Crippen LogP contribution in [0.3, 0.4) is 0 Å². The summed E-state index contributed by atoms with van der Waals surface area (Å²) in [6, 6.07) is 6.90. The van der Waals surface area contributed by atoms with Crippen molar-refractivity contribution in [3.63, 3.8) is 0 Å². The molecule has 1 saturated heterocycles. The second kappa shape index (κ2) is 7.04. The highest BCUT2D eigenvalue weighted by molar-refractivity contribution is 9.10. The number of likely N-dealkylation sites (tertiary alicyclic amines) is 1. The first-order valence-corrected chi connectivity index (χ1v) is 9.61. The molecule has 4 nitrogen and oxygen atoms in total. The van der Waals surface area contributed by atoms with E-state index in [-0.39, 0.29) is 6.09 Å². The number of amides is 1. The highest BCUT2D eigenvalue weighted by atomic mass is 79.9. The predicted octanol–water partition coefficient (Wildman–Crippen LogP) is 4.28. The summed E-state index contributed by atoms with van der Waals surface area (Å²) in [6.45, 7) is 8.28. The minimum atomic E-state index is -0.422. The molecule has 0 spiro atoms. The van der Waals surface area contributed by atoms with E-state index < -0.39 is 5.60 Å². The van der Waals surface area contributed by atoms with Gasteiger partial charge in [0.2, 0.25) is 0 Å². The number of benzene rings is 1. The number of nitrogens with zero attached hydrogens (tertiary/aromatic N) is 1. The lowest BCUT2D eigenvalue weighted by Gasteiger charge is -2.24. The van der Waals surface area contributed by atoms with E-state index in [1.807, 2.05) is 25.7 Å². The number of fused-ring (bicyclic) bond motifs is 1. The molecule has 1 aromatic rings. The summed E-state index contributed by atoms with van der Waals surface area (Å²) < 4.78 is 6.69. The van der Waals surface area contributed by atoms with E-state index in [9.17, 15) is 4.79 Å². The van der Waals surface area contributed by atoms with Gasteiger partial charge in [-0.2, -0.15) is 0 Å². The van der Waals surface area contributed by atoms with Crippen molar-refractivity contribution in [2.45, 2.75) is 51.7 Å².